The fourth-order valence-electron chi connectivity index (χ4n) is 0.978. The van der Waals surface area contributed by atoms with Crippen molar-refractivity contribution < 1.29 is 13.9 Å². The van der Waals surface area contributed by atoms with E-state index in [-0.39, 0.29) is 12.4 Å². The Morgan fingerprint density at radius 3 is 2.93 bits per heavy atom. The van der Waals surface area contributed by atoms with E-state index in [1.54, 1.807) is 0 Å². The molecular weight excluding hydrogens is 187 g/mol. The van der Waals surface area contributed by atoms with E-state index in [1.165, 1.54) is 25.3 Å². The zero-order chi connectivity index (χ0) is 10.6. The molecule has 3 N–H and O–H groups in total. The van der Waals surface area contributed by atoms with Crippen molar-refractivity contribution in [3.05, 3.63) is 29.6 Å². The molecule has 0 unspecified atom stereocenters. The van der Waals surface area contributed by atoms with Crippen molar-refractivity contribution in [1.29, 1.82) is 0 Å². The Morgan fingerprint density at radius 1 is 1.64 bits per heavy atom. The number of hydrogen-bond donors (Lipinski definition) is 2. The number of amides is 1. The molecule has 14 heavy (non-hydrogen) atoms. The molecule has 1 amide bonds. The summed E-state index contributed by atoms with van der Waals surface area (Å²) in [5.41, 5.74) is 6.10. The molecule has 1 rings (SSSR count). The number of anilines is 1. The molecule has 0 atom stereocenters. The van der Waals surface area contributed by atoms with Gasteiger partial charge in [0.2, 0.25) is 0 Å². The van der Waals surface area contributed by atoms with Crippen molar-refractivity contribution in [2.24, 2.45) is 5.73 Å². The van der Waals surface area contributed by atoms with Gasteiger partial charge in [0.15, 0.2) is 0 Å². The summed E-state index contributed by atoms with van der Waals surface area (Å²) in [6.45, 7) is 0.0858. The van der Waals surface area contributed by atoms with Gasteiger partial charge in [-0.3, -0.25) is 5.32 Å². The lowest BCUT2D eigenvalue weighted by molar-refractivity contribution is 0.187. The molecule has 1 aromatic rings. The van der Waals surface area contributed by atoms with Crippen molar-refractivity contribution in [2.45, 2.75) is 6.54 Å². The number of carbonyl (C=O) groups is 1. The molecular formula is C9H11FN2O2. The summed E-state index contributed by atoms with van der Waals surface area (Å²) in [6.07, 6.45) is -0.598. The molecule has 0 aromatic heterocycles. The molecule has 1 aromatic carbocycles. The van der Waals surface area contributed by atoms with Crippen LogP contribution in [0.3, 0.4) is 0 Å². The smallest absolute Gasteiger partial charge is 0.411 e. The summed E-state index contributed by atoms with van der Waals surface area (Å²) in [6, 6.07) is 4.14. The van der Waals surface area contributed by atoms with Gasteiger partial charge in [0, 0.05) is 17.8 Å². The molecule has 0 heterocycles. The maximum absolute atomic E-state index is 13.0. The van der Waals surface area contributed by atoms with Crippen molar-refractivity contribution in [3.8, 4) is 0 Å². The summed E-state index contributed by atoms with van der Waals surface area (Å²) in [7, 11) is 1.25. The molecule has 0 spiro atoms. The van der Waals surface area contributed by atoms with Crippen molar-refractivity contribution in [1.82, 2.24) is 0 Å². The van der Waals surface area contributed by atoms with Gasteiger partial charge in [0.05, 0.1) is 7.11 Å². The zero-order valence-electron chi connectivity index (χ0n) is 7.71. The minimum Gasteiger partial charge on any atom is -0.453 e. The number of benzene rings is 1. The van der Waals surface area contributed by atoms with Gasteiger partial charge in [0.25, 0.3) is 0 Å². The summed E-state index contributed by atoms with van der Waals surface area (Å²) in [5, 5.41) is 2.41. The van der Waals surface area contributed by atoms with Crippen LogP contribution in [0.25, 0.3) is 0 Å². The average molecular weight is 198 g/mol. The summed E-state index contributed by atoms with van der Waals surface area (Å²) in [5.74, 6) is -0.386. The number of nitrogens with two attached hydrogens (primary N) is 1. The number of nitrogens with one attached hydrogen (secondary N) is 1. The molecule has 0 saturated heterocycles. The molecule has 0 fully saturated rings. The van der Waals surface area contributed by atoms with E-state index in [0.29, 0.717) is 11.3 Å². The quantitative estimate of drug-likeness (QED) is 0.756. The van der Waals surface area contributed by atoms with Crippen LogP contribution in [0, 0.1) is 5.82 Å². The first kappa shape index (κ1) is 10.5. The third-order valence-corrected chi connectivity index (χ3v) is 1.70. The van der Waals surface area contributed by atoms with E-state index in [1.807, 2.05) is 0 Å². The third kappa shape index (κ3) is 2.43. The predicted molar refractivity (Wildman–Crippen MR) is 50.3 cm³/mol. The van der Waals surface area contributed by atoms with Crippen LogP contribution in [0.4, 0.5) is 14.9 Å². The predicted octanol–water partition coefficient (Wildman–Crippen LogP) is 1.46. The second-order valence-corrected chi connectivity index (χ2v) is 2.63. The molecule has 0 aliphatic rings. The minimum absolute atomic E-state index is 0.0858. The lowest BCUT2D eigenvalue weighted by atomic mass is 10.2. The molecule has 5 heteroatoms. The monoisotopic (exact) mass is 198 g/mol. The van der Waals surface area contributed by atoms with E-state index in [4.69, 9.17) is 5.73 Å². The van der Waals surface area contributed by atoms with E-state index in [2.05, 4.69) is 10.1 Å². The van der Waals surface area contributed by atoms with E-state index >= 15 is 0 Å². The molecule has 0 aliphatic carbocycles. The Bertz CT molecular complexity index is 342. The Morgan fingerprint density at radius 2 is 2.36 bits per heavy atom. The first-order valence-electron chi connectivity index (χ1n) is 4.01. The van der Waals surface area contributed by atoms with Gasteiger partial charge >= 0.3 is 6.09 Å². The molecule has 4 nitrogen and oxygen atoms in total. The number of hydrogen-bond acceptors (Lipinski definition) is 3. The van der Waals surface area contributed by atoms with E-state index in [9.17, 15) is 9.18 Å². The van der Waals surface area contributed by atoms with Crippen LogP contribution >= 0.6 is 0 Å². The molecule has 0 radical (unpaired) electrons. The largest absolute Gasteiger partial charge is 0.453 e. The minimum atomic E-state index is -0.598. The number of halogens is 1. The summed E-state index contributed by atoms with van der Waals surface area (Å²) >= 11 is 0. The second kappa shape index (κ2) is 4.57. The lowest BCUT2D eigenvalue weighted by Crippen LogP contribution is -2.11. The van der Waals surface area contributed by atoms with Crippen LogP contribution < -0.4 is 11.1 Å². The van der Waals surface area contributed by atoms with Crippen molar-refractivity contribution in [2.75, 3.05) is 12.4 Å². The van der Waals surface area contributed by atoms with Crippen molar-refractivity contribution >= 4 is 11.8 Å². The number of ether oxygens (including phenoxy) is 1. The Balaban J connectivity index is 2.84. The standard InChI is InChI=1S/C9H11FN2O2/c1-14-9(13)12-7-2-3-8(10)6(4-7)5-11/h2-4H,5,11H2,1H3,(H,12,13). The highest BCUT2D eigenvalue weighted by Crippen LogP contribution is 2.14. The van der Waals surface area contributed by atoms with Gasteiger partial charge in [-0.25, -0.2) is 9.18 Å². The highest BCUT2D eigenvalue weighted by Gasteiger charge is 2.04. The highest BCUT2D eigenvalue weighted by molar-refractivity contribution is 5.84. The summed E-state index contributed by atoms with van der Waals surface area (Å²) < 4.78 is 17.3. The number of methoxy groups -OCH3 is 1. The van der Waals surface area contributed by atoms with Crippen LogP contribution in [0.5, 0.6) is 0 Å². The lowest BCUT2D eigenvalue weighted by Gasteiger charge is -2.05. The van der Waals surface area contributed by atoms with Crippen LogP contribution in [-0.2, 0) is 11.3 Å². The van der Waals surface area contributed by atoms with Gasteiger partial charge in [-0.15, -0.1) is 0 Å². The van der Waals surface area contributed by atoms with E-state index in [0.717, 1.165) is 0 Å². The van der Waals surface area contributed by atoms with Crippen LogP contribution in [0.15, 0.2) is 18.2 Å². The van der Waals surface area contributed by atoms with Gasteiger partial charge in [-0.2, -0.15) is 0 Å². The van der Waals surface area contributed by atoms with Gasteiger partial charge in [-0.1, -0.05) is 0 Å². The molecule has 0 aliphatic heterocycles. The highest BCUT2D eigenvalue weighted by atomic mass is 19.1. The first-order chi connectivity index (χ1) is 6.67. The van der Waals surface area contributed by atoms with Crippen LogP contribution in [0.1, 0.15) is 5.56 Å². The second-order valence-electron chi connectivity index (χ2n) is 2.63. The van der Waals surface area contributed by atoms with Crippen molar-refractivity contribution in [3.63, 3.8) is 0 Å². The third-order valence-electron chi connectivity index (χ3n) is 1.70. The first-order valence-corrected chi connectivity index (χ1v) is 4.01. The van der Waals surface area contributed by atoms with Crippen LogP contribution in [0.2, 0.25) is 0 Å². The number of carbonyl (C=O) groups excluding carboxylic acids is 1. The normalized spacial score (nSPS) is 9.64. The fourth-order valence-corrected chi connectivity index (χ4v) is 0.978. The SMILES string of the molecule is COC(=O)Nc1ccc(F)c(CN)c1. The molecule has 0 bridgehead atoms. The summed E-state index contributed by atoms with van der Waals surface area (Å²) in [4.78, 5) is 10.8. The average Bonchev–Trinajstić information content (AvgIpc) is 2.20. The van der Waals surface area contributed by atoms with Gasteiger partial charge < -0.3 is 10.5 Å². The Kier molecular flexibility index (Phi) is 3.41. The maximum atomic E-state index is 13.0. The topological polar surface area (TPSA) is 64.3 Å². The van der Waals surface area contributed by atoms with Crippen LogP contribution in [-0.4, -0.2) is 13.2 Å². The van der Waals surface area contributed by atoms with Gasteiger partial charge in [-0.05, 0) is 18.2 Å². The zero-order valence-corrected chi connectivity index (χ0v) is 7.71. The Hall–Kier alpha value is -1.62. The molecule has 76 valence electrons. The fraction of sp³-hybridized carbons (Fsp3) is 0.222. The van der Waals surface area contributed by atoms with Gasteiger partial charge in [0.1, 0.15) is 5.82 Å². The number of rotatable bonds is 2. The molecule has 0 saturated carbocycles. The maximum Gasteiger partial charge on any atom is 0.411 e. The Labute approximate surface area is 80.9 Å². The van der Waals surface area contributed by atoms with E-state index < -0.39 is 6.09 Å².